The highest BCUT2D eigenvalue weighted by atomic mass is 35.5. The van der Waals surface area contributed by atoms with E-state index in [0.717, 1.165) is 0 Å². The third-order valence-corrected chi connectivity index (χ3v) is 8.10. The SMILES string of the molecule is CSc1nccc(-c2cc(C#N)c(=O)[nH]c2-c2ccc(F)cc2)n1.CSc1nccc(-c2cc(C#N)c(Cl)nc2-c2ccc(F)cc2)n1. The van der Waals surface area contributed by atoms with Crippen LogP contribution < -0.4 is 5.56 Å². The van der Waals surface area contributed by atoms with Crippen molar-refractivity contribution in [3.8, 4) is 57.2 Å². The van der Waals surface area contributed by atoms with E-state index in [0.29, 0.717) is 55.3 Å². The molecule has 4 heterocycles. The van der Waals surface area contributed by atoms with Crippen molar-refractivity contribution in [3.05, 3.63) is 123 Å². The summed E-state index contributed by atoms with van der Waals surface area (Å²) < 4.78 is 26.4. The molecule has 6 rings (SSSR count). The summed E-state index contributed by atoms with van der Waals surface area (Å²) in [4.78, 5) is 36.2. The van der Waals surface area contributed by atoms with Gasteiger partial charge in [0.15, 0.2) is 10.3 Å². The van der Waals surface area contributed by atoms with Crippen molar-refractivity contribution in [1.82, 2.24) is 29.9 Å². The Morgan fingerprint density at radius 2 is 1.21 bits per heavy atom. The highest BCUT2D eigenvalue weighted by Crippen LogP contribution is 2.33. The molecule has 48 heavy (non-hydrogen) atoms. The van der Waals surface area contributed by atoms with Gasteiger partial charge in [0.25, 0.3) is 5.56 Å². The summed E-state index contributed by atoms with van der Waals surface area (Å²) in [5.41, 5.74) is 4.46. The minimum Gasteiger partial charge on any atom is -0.320 e. The average Bonchev–Trinajstić information content (AvgIpc) is 3.12. The van der Waals surface area contributed by atoms with Gasteiger partial charge < -0.3 is 4.98 Å². The number of nitriles is 2. The maximum Gasteiger partial charge on any atom is 0.266 e. The molecule has 0 unspecified atom stereocenters. The Morgan fingerprint density at radius 3 is 1.73 bits per heavy atom. The van der Waals surface area contributed by atoms with Gasteiger partial charge in [-0.15, -0.1) is 0 Å². The van der Waals surface area contributed by atoms with Crippen LogP contribution in [0, 0.1) is 34.3 Å². The number of hydrogen-bond acceptors (Lipinski definition) is 10. The van der Waals surface area contributed by atoms with Crippen LogP contribution in [0.2, 0.25) is 5.15 Å². The van der Waals surface area contributed by atoms with Gasteiger partial charge in [0.1, 0.15) is 34.5 Å². The maximum atomic E-state index is 13.2. The first-order valence-electron chi connectivity index (χ1n) is 13.8. The summed E-state index contributed by atoms with van der Waals surface area (Å²) in [6, 6.07) is 22.1. The summed E-state index contributed by atoms with van der Waals surface area (Å²) >= 11 is 8.88. The fraction of sp³-hybridized carbons (Fsp3) is 0.0588. The summed E-state index contributed by atoms with van der Waals surface area (Å²) in [6.07, 6.45) is 6.98. The molecular weight excluding hydrogens is 674 g/mol. The van der Waals surface area contributed by atoms with Crippen molar-refractivity contribution >= 4 is 35.1 Å². The number of nitrogens with one attached hydrogen (secondary N) is 1. The van der Waals surface area contributed by atoms with Crippen molar-refractivity contribution in [2.45, 2.75) is 10.3 Å². The fourth-order valence-corrected chi connectivity index (χ4v) is 5.32. The molecule has 236 valence electrons. The Balaban J connectivity index is 0.000000188. The first kappa shape index (κ1) is 33.9. The van der Waals surface area contributed by atoms with Gasteiger partial charge in [-0.25, -0.2) is 33.7 Å². The molecule has 0 saturated heterocycles. The van der Waals surface area contributed by atoms with E-state index in [1.54, 1.807) is 54.9 Å². The van der Waals surface area contributed by atoms with Crippen molar-refractivity contribution < 1.29 is 8.78 Å². The van der Waals surface area contributed by atoms with Crippen molar-refractivity contribution in [1.29, 1.82) is 10.5 Å². The minimum atomic E-state index is -0.500. The van der Waals surface area contributed by atoms with Gasteiger partial charge in [-0.05, 0) is 90.9 Å². The molecule has 6 aromatic rings. The van der Waals surface area contributed by atoms with Crippen LogP contribution in [0.3, 0.4) is 0 Å². The number of aromatic amines is 1. The number of nitrogens with zero attached hydrogens (tertiary/aromatic N) is 7. The van der Waals surface area contributed by atoms with E-state index in [-0.39, 0.29) is 27.9 Å². The number of H-pyrrole nitrogens is 1. The number of thioether (sulfide) groups is 2. The molecule has 0 saturated carbocycles. The van der Waals surface area contributed by atoms with Crippen LogP contribution in [0.1, 0.15) is 11.1 Å². The summed E-state index contributed by atoms with van der Waals surface area (Å²) in [5, 5.41) is 19.6. The molecule has 14 heteroatoms. The maximum absolute atomic E-state index is 13.2. The predicted octanol–water partition coefficient (Wildman–Crippen LogP) is 7.82. The van der Waals surface area contributed by atoms with Crippen LogP contribution in [0.25, 0.3) is 45.0 Å². The molecule has 0 aliphatic heterocycles. The first-order valence-corrected chi connectivity index (χ1v) is 16.6. The topological polar surface area (TPSA) is 145 Å². The van der Waals surface area contributed by atoms with Gasteiger partial charge in [-0.1, -0.05) is 35.1 Å². The van der Waals surface area contributed by atoms with E-state index < -0.39 is 5.56 Å². The quantitative estimate of drug-likeness (QED) is 0.104. The number of benzene rings is 2. The molecule has 1 N–H and O–H groups in total. The molecule has 0 bridgehead atoms. The van der Waals surface area contributed by atoms with Crippen molar-refractivity contribution in [2.75, 3.05) is 12.5 Å². The molecule has 0 aliphatic carbocycles. The monoisotopic (exact) mass is 694 g/mol. The van der Waals surface area contributed by atoms with E-state index in [2.05, 4.69) is 29.9 Å². The summed E-state index contributed by atoms with van der Waals surface area (Å²) in [5.74, 6) is -0.713. The van der Waals surface area contributed by atoms with Gasteiger partial charge in [0.05, 0.1) is 28.3 Å². The van der Waals surface area contributed by atoms with Crippen LogP contribution in [-0.4, -0.2) is 42.4 Å². The summed E-state index contributed by atoms with van der Waals surface area (Å²) in [7, 11) is 0. The highest BCUT2D eigenvalue weighted by molar-refractivity contribution is 7.98. The lowest BCUT2D eigenvalue weighted by Crippen LogP contribution is -2.12. The molecule has 0 amide bonds. The van der Waals surface area contributed by atoms with Crippen molar-refractivity contribution in [3.63, 3.8) is 0 Å². The van der Waals surface area contributed by atoms with Crippen molar-refractivity contribution in [2.24, 2.45) is 0 Å². The number of hydrogen-bond donors (Lipinski definition) is 1. The Bertz CT molecular complexity index is 2250. The van der Waals surface area contributed by atoms with E-state index in [1.807, 2.05) is 24.6 Å². The van der Waals surface area contributed by atoms with E-state index in [1.165, 1.54) is 53.9 Å². The Morgan fingerprint density at radius 1 is 0.708 bits per heavy atom. The van der Waals surface area contributed by atoms with Crippen LogP contribution in [0.4, 0.5) is 8.78 Å². The molecule has 0 aliphatic rings. The molecular formula is C34H21ClF2N8OS2. The number of rotatable bonds is 6. The van der Waals surface area contributed by atoms with Crippen LogP contribution >= 0.6 is 35.1 Å². The Labute approximate surface area is 286 Å². The third kappa shape index (κ3) is 7.73. The fourth-order valence-electron chi connectivity index (χ4n) is 4.43. The van der Waals surface area contributed by atoms with Crippen LogP contribution in [0.15, 0.2) is 100 Å². The highest BCUT2D eigenvalue weighted by Gasteiger charge is 2.17. The lowest BCUT2D eigenvalue weighted by molar-refractivity contribution is 0.627. The van der Waals surface area contributed by atoms with Crippen LogP contribution in [0.5, 0.6) is 0 Å². The standard InChI is InChI=1S/C17H10ClFN4S.C17H11FN4OS/c1-24-17-21-7-6-14(22-17)13-8-11(9-20)16(18)23-15(13)10-2-4-12(19)5-3-10;1-24-17-20-7-6-14(21-17)13-8-11(9-19)16(23)22-15(13)10-2-4-12(18)5-3-10/h2-8H,1H3;2-8H,1H3,(H,22,23). The average molecular weight is 695 g/mol. The number of aromatic nitrogens is 6. The van der Waals surface area contributed by atoms with Crippen LogP contribution in [-0.2, 0) is 0 Å². The lowest BCUT2D eigenvalue weighted by Gasteiger charge is -2.11. The normalized spacial score (nSPS) is 10.4. The molecule has 0 fully saturated rings. The molecule has 2 aromatic carbocycles. The zero-order valence-electron chi connectivity index (χ0n) is 25.1. The van der Waals surface area contributed by atoms with Gasteiger partial charge in [-0.2, -0.15) is 10.5 Å². The van der Waals surface area contributed by atoms with Gasteiger partial charge >= 0.3 is 0 Å². The lowest BCUT2D eigenvalue weighted by atomic mass is 10.0. The molecule has 9 nitrogen and oxygen atoms in total. The molecule has 0 radical (unpaired) electrons. The van der Waals surface area contributed by atoms with E-state index in [4.69, 9.17) is 16.9 Å². The molecule has 0 spiro atoms. The second-order valence-electron chi connectivity index (χ2n) is 9.62. The van der Waals surface area contributed by atoms with Gasteiger partial charge in [-0.3, -0.25) is 4.79 Å². The molecule has 0 atom stereocenters. The summed E-state index contributed by atoms with van der Waals surface area (Å²) in [6.45, 7) is 0. The zero-order valence-corrected chi connectivity index (χ0v) is 27.5. The second-order valence-corrected chi connectivity index (χ2v) is 11.5. The van der Waals surface area contributed by atoms with E-state index >= 15 is 0 Å². The minimum absolute atomic E-state index is 0.0137. The largest absolute Gasteiger partial charge is 0.320 e. The smallest absolute Gasteiger partial charge is 0.266 e. The first-order chi connectivity index (χ1) is 23.2. The van der Waals surface area contributed by atoms with Gasteiger partial charge in [0.2, 0.25) is 0 Å². The molecule has 4 aromatic heterocycles. The second kappa shape index (κ2) is 15.4. The third-order valence-electron chi connectivity index (χ3n) is 6.69. The predicted molar refractivity (Wildman–Crippen MR) is 182 cm³/mol. The van der Waals surface area contributed by atoms with E-state index in [9.17, 15) is 18.8 Å². The zero-order chi connectivity index (χ0) is 34.2. The number of halogens is 3. The van der Waals surface area contributed by atoms with Gasteiger partial charge in [0, 0.05) is 29.1 Å². The Kier molecular flexibility index (Phi) is 10.9. The Hall–Kier alpha value is -5.47. The number of pyridine rings is 2.